The third-order valence-electron chi connectivity index (χ3n) is 3.28. The number of benzene rings is 2. The van der Waals surface area contributed by atoms with Crippen LogP contribution >= 0.6 is 0 Å². The molecule has 0 aliphatic carbocycles. The number of carbonyl (C=O) groups excluding carboxylic acids is 1. The zero-order chi connectivity index (χ0) is 17.7. The van der Waals surface area contributed by atoms with Crippen LogP contribution in [0.5, 0.6) is 17.2 Å². The first-order valence-electron chi connectivity index (χ1n) is 6.86. The number of rotatable bonds is 6. The van der Waals surface area contributed by atoms with Crippen LogP contribution in [0, 0.1) is 10.1 Å². The highest BCUT2D eigenvalue weighted by molar-refractivity contribution is 6.06. The minimum absolute atomic E-state index is 0.152. The second kappa shape index (κ2) is 7.28. The predicted molar refractivity (Wildman–Crippen MR) is 85.5 cm³/mol. The van der Waals surface area contributed by atoms with Crippen LogP contribution in [0.25, 0.3) is 6.08 Å². The number of ether oxygens (including phenoxy) is 2. The molecule has 0 aromatic heterocycles. The summed E-state index contributed by atoms with van der Waals surface area (Å²) >= 11 is 0. The normalized spacial score (nSPS) is 10.6. The smallest absolute Gasteiger partial charge is 0.266 e. The summed E-state index contributed by atoms with van der Waals surface area (Å²) in [5.74, 6) is -0.616. The highest BCUT2D eigenvalue weighted by Crippen LogP contribution is 2.34. The third kappa shape index (κ3) is 3.70. The van der Waals surface area contributed by atoms with Gasteiger partial charge in [-0.2, -0.15) is 0 Å². The average Bonchev–Trinajstić information content (AvgIpc) is 2.60. The van der Waals surface area contributed by atoms with Gasteiger partial charge in [0.1, 0.15) is 11.5 Å². The van der Waals surface area contributed by atoms with Crippen molar-refractivity contribution < 1.29 is 24.3 Å². The first-order valence-corrected chi connectivity index (χ1v) is 6.86. The van der Waals surface area contributed by atoms with Gasteiger partial charge in [-0.1, -0.05) is 6.08 Å². The summed E-state index contributed by atoms with van der Waals surface area (Å²) in [5, 5.41) is 22.7. The lowest BCUT2D eigenvalue weighted by atomic mass is 10.1. The van der Waals surface area contributed by atoms with Crippen molar-refractivity contribution in [3.63, 3.8) is 0 Å². The summed E-state index contributed by atoms with van der Waals surface area (Å²) in [6.07, 6.45) is 2.66. The van der Waals surface area contributed by atoms with E-state index in [1.54, 1.807) is 24.3 Å². The lowest BCUT2D eigenvalue weighted by molar-refractivity contribution is -0.398. The Kier molecular flexibility index (Phi) is 5.16. The number of nitrogens with zero attached hydrogens (tertiary/aromatic N) is 1. The molecule has 0 aliphatic heterocycles. The minimum Gasteiger partial charge on any atom is -0.865 e. The van der Waals surface area contributed by atoms with Crippen molar-refractivity contribution in [1.82, 2.24) is 0 Å². The predicted octanol–water partition coefficient (Wildman–Crippen LogP) is 2.58. The van der Waals surface area contributed by atoms with Gasteiger partial charge < -0.3 is 14.6 Å². The molecule has 0 N–H and O–H groups in total. The van der Waals surface area contributed by atoms with Crippen LogP contribution in [0.4, 0.5) is 5.69 Å². The zero-order valence-electron chi connectivity index (χ0n) is 13.0. The molecule has 0 radical (unpaired) electrons. The summed E-state index contributed by atoms with van der Waals surface area (Å²) in [5.41, 5.74) is 0.153. The van der Waals surface area contributed by atoms with E-state index >= 15 is 0 Å². The molecule has 2 aromatic carbocycles. The van der Waals surface area contributed by atoms with E-state index in [4.69, 9.17) is 9.47 Å². The van der Waals surface area contributed by atoms with E-state index in [-0.39, 0.29) is 11.5 Å². The van der Waals surface area contributed by atoms with Crippen molar-refractivity contribution >= 4 is 17.5 Å². The van der Waals surface area contributed by atoms with E-state index in [1.165, 1.54) is 32.4 Å². The second-order valence-electron chi connectivity index (χ2n) is 4.75. The molecule has 0 saturated carbocycles. The summed E-state index contributed by atoms with van der Waals surface area (Å²) in [4.78, 5) is 22.2. The van der Waals surface area contributed by atoms with Gasteiger partial charge >= 0.3 is 0 Å². The number of carbonyl (C=O) groups is 1. The van der Waals surface area contributed by atoms with Gasteiger partial charge in [0.05, 0.1) is 19.1 Å². The molecule has 7 heteroatoms. The Labute approximate surface area is 137 Å². The number of nitro benzene ring substituents is 1. The van der Waals surface area contributed by atoms with E-state index in [1.807, 2.05) is 0 Å². The van der Waals surface area contributed by atoms with E-state index in [2.05, 4.69) is 0 Å². The second-order valence-corrected chi connectivity index (χ2v) is 4.75. The van der Waals surface area contributed by atoms with E-state index in [0.29, 0.717) is 16.9 Å². The molecule has 0 heterocycles. The van der Waals surface area contributed by atoms with Gasteiger partial charge in [0, 0.05) is 17.4 Å². The Balaban J connectivity index is 2.28. The van der Waals surface area contributed by atoms with Crippen LogP contribution < -0.4 is 14.6 Å². The fraction of sp³-hybridized carbons (Fsp3) is 0.118. The van der Waals surface area contributed by atoms with Crippen LogP contribution in [-0.4, -0.2) is 24.9 Å². The van der Waals surface area contributed by atoms with Gasteiger partial charge in [-0.05, 0) is 42.0 Å². The molecule has 2 aromatic rings. The molecule has 2 rings (SSSR count). The molecular formula is C17H14NO6-. The van der Waals surface area contributed by atoms with Gasteiger partial charge in [-0.3, -0.25) is 14.9 Å². The largest absolute Gasteiger partial charge is 0.865 e. The maximum Gasteiger partial charge on any atom is 0.266 e. The Morgan fingerprint density at radius 3 is 2.33 bits per heavy atom. The Morgan fingerprint density at radius 1 is 1.12 bits per heavy atom. The maximum absolute atomic E-state index is 12.1. The molecule has 0 saturated heterocycles. The van der Waals surface area contributed by atoms with Crippen LogP contribution in [-0.2, 0) is 0 Å². The molecule has 0 amide bonds. The van der Waals surface area contributed by atoms with Crippen molar-refractivity contribution in [3.05, 3.63) is 63.7 Å². The molecule has 0 atom stereocenters. The molecule has 0 fully saturated rings. The Bertz CT molecular complexity index is 795. The molecule has 0 unspecified atom stereocenters. The van der Waals surface area contributed by atoms with Crippen molar-refractivity contribution in [2.75, 3.05) is 14.2 Å². The standard InChI is InChI=1S/C17H15NO6/c1-23-13-6-4-12(5-7-13)15(19)8-3-11-9-14(18(21)22)17(20)16(10-11)24-2/h3-10,20H,1-2H3/p-1/b8-3+. The molecule has 0 bridgehead atoms. The molecule has 7 nitrogen and oxygen atoms in total. The van der Waals surface area contributed by atoms with Crippen LogP contribution in [0.3, 0.4) is 0 Å². The zero-order valence-corrected chi connectivity index (χ0v) is 13.0. The molecule has 0 aliphatic rings. The summed E-state index contributed by atoms with van der Waals surface area (Å²) in [7, 11) is 2.77. The van der Waals surface area contributed by atoms with Crippen molar-refractivity contribution in [2.45, 2.75) is 0 Å². The van der Waals surface area contributed by atoms with Crippen molar-refractivity contribution in [1.29, 1.82) is 0 Å². The molecular weight excluding hydrogens is 314 g/mol. The van der Waals surface area contributed by atoms with Crippen molar-refractivity contribution in [2.24, 2.45) is 0 Å². The fourth-order valence-electron chi connectivity index (χ4n) is 2.02. The fourth-order valence-corrected chi connectivity index (χ4v) is 2.02. The van der Waals surface area contributed by atoms with Gasteiger partial charge in [0.2, 0.25) is 0 Å². The van der Waals surface area contributed by atoms with E-state index < -0.39 is 16.4 Å². The molecule has 24 heavy (non-hydrogen) atoms. The number of ketones is 1. The van der Waals surface area contributed by atoms with Gasteiger partial charge in [0.25, 0.3) is 5.69 Å². The van der Waals surface area contributed by atoms with Crippen LogP contribution in [0.15, 0.2) is 42.5 Å². The molecule has 0 spiro atoms. The Hall–Kier alpha value is -3.35. The van der Waals surface area contributed by atoms with E-state index in [0.717, 1.165) is 6.07 Å². The van der Waals surface area contributed by atoms with Crippen LogP contribution in [0.1, 0.15) is 15.9 Å². The number of hydrogen-bond donors (Lipinski definition) is 0. The maximum atomic E-state index is 12.1. The number of hydrogen-bond acceptors (Lipinski definition) is 6. The lowest BCUT2D eigenvalue weighted by Gasteiger charge is -2.13. The SMILES string of the molecule is COc1ccc(C(=O)/C=C/c2cc(OC)c([O-])c([N+](=O)[O-])c2)cc1. The summed E-state index contributed by atoms with van der Waals surface area (Å²) in [6.45, 7) is 0. The van der Waals surface area contributed by atoms with E-state index in [9.17, 15) is 20.0 Å². The highest BCUT2D eigenvalue weighted by atomic mass is 16.6. The number of nitro groups is 1. The molecule has 124 valence electrons. The quantitative estimate of drug-likeness (QED) is 0.349. The minimum atomic E-state index is -0.805. The average molecular weight is 328 g/mol. The van der Waals surface area contributed by atoms with Crippen LogP contribution in [0.2, 0.25) is 0 Å². The third-order valence-corrected chi connectivity index (χ3v) is 3.28. The Morgan fingerprint density at radius 2 is 1.79 bits per heavy atom. The topological polar surface area (TPSA) is 102 Å². The van der Waals surface area contributed by atoms with Gasteiger partial charge in [-0.15, -0.1) is 0 Å². The summed E-state index contributed by atoms with van der Waals surface area (Å²) < 4.78 is 9.86. The van der Waals surface area contributed by atoms with Gasteiger partial charge in [0.15, 0.2) is 5.78 Å². The van der Waals surface area contributed by atoms with Crippen molar-refractivity contribution in [3.8, 4) is 17.2 Å². The number of methoxy groups -OCH3 is 2. The highest BCUT2D eigenvalue weighted by Gasteiger charge is 2.12. The van der Waals surface area contributed by atoms with Gasteiger partial charge in [-0.25, -0.2) is 0 Å². The monoisotopic (exact) mass is 328 g/mol. The lowest BCUT2D eigenvalue weighted by Crippen LogP contribution is -2.01. The first kappa shape index (κ1) is 17.0. The number of allylic oxidation sites excluding steroid dienone is 1. The first-order chi connectivity index (χ1) is 11.5. The summed E-state index contributed by atoms with van der Waals surface area (Å²) in [6, 6.07) is 8.96.